The maximum Gasteiger partial charge on any atom is 0.264 e. The molecule has 0 atom stereocenters. The number of aryl methyl sites for hydroxylation is 2. The van der Waals surface area contributed by atoms with Crippen LogP contribution < -0.4 is 5.56 Å². The Morgan fingerprint density at radius 2 is 2.00 bits per heavy atom. The number of aromatic nitrogens is 4. The Balaban J connectivity index is 2.08. The number of para-hydroxylation sites is 1. The van der Waals surface area contributed by atoms with Crippen LogP contribution >= 0.6 is 0 Å². The second kappa shape index (κ2) is 5.75. The summed E-state index contributed by atoms with van der Waals surface area (Å²) >= 11 is 0. The molecule has 0 spiro atoms. The summed E-state index contributed by atoms with van der Waals surface area (Å²) in [6.45, 7) is 7.00. The van der Waals surface area contributed by atoms with Crippen molar-refractivity contribution in [1.29, 1.82) is 0 Å². The van der Waals surface area contributed by atoms with Crippen molar-refractivity contribution in [2.24, 2.45) is 5.92 Å². The first kappa shape index (κ1) is 14.5. The van der Waals surface area contributed by atoms with E-state index in [-0.39, 0.29) is 5.56 Å². The Hall–Kier alpha value is -2.43. The van der Waals surface area contributed by atoms with Crippen LogP contribution in [0.2, 0.25) is 0 Å². The van der Waals surface area contributed by atoms with E-state index < -0.39 is 0 Å². The second-order valence-electron chi connectivity index (χ2n) is 6.01. The minimum Gasteiger partial charge on any atom is -0.299 e. The molecular weight excluding hydrogens is 276 g/mol. The maximum absolute atomic E-state index is 12.5. The van der Waals surface area contributed by atoms with Crippen molar-refractivity contribution in [3.63, 3.8) is 0 Å². The molecule has 0 aliphatic rings. The summed E-state index contributed by atoms with van der Waals surface area (Å²) in [5, 5.41) is 4.93. The molecule has 1 aromatic carbocycles. The van der Waals surface area contributed by atoms with Gasteiger partial charge in [0.2, 0.25) is 0 Å². The largest absolute Gasteiger partial charge is 0.299 e. The van der Waals surface area contributed by atoms with Gasteiger partial charge in [-0.1, -0.05) is 32.0 Å². The smallest absolute Gasteiger partial charge is 0.264 e. The summed E-state index contributed by atoms with van der Waals surface area (Å²) in [4.78, 5) is 17.0. The topological polar surface area (TPSA) is 52.7 Å². The van der Waals surface area contributed by atoms with Gasteiger partial charge in [0.25, 0.3) is 5.56 Å². The van der Waals surface area contributed by atoms with Gasteiger partial charge in [0.1, 0.15) is 5.39 Å². The summed E-state index contributed by atoms with van der Waals surface area (Å²) in [7, 11) is 0. The minimum atomic E-state index is -0.0227. The van der Waals surface area contributed by atoms with Gasteiger partial charge >= 0.3 is 0 Å². The van der Waals surface area contributed by atoms with Gasteiger partial charge in [0.15, 0.2) is 5.65 Å². The Bertz CT molecular complexity index is 860. The van der Waals surface area contributed by atoms with Crippen LogP contribution in [0.1, 0.15) is 25.8 Å². The molecule has 0 radical (unpaired) electrons. The summed E-state index contributed by atoms with van der Waals surface area (Å²) in [5.41, 5.74) is 2.63. The molecule has 0 aliphatic carbocycles. The lowest BCUT2D eigenvalue weighted by atomic mass is 10.1. The fourth-order valence-corrected chi connectivity index (χ4v) is 2.48. The monoisotopic (exact) mass is 296 g/mol. The Morgan fingerprint density at radius 1 is 1.23 bits per heavy atom. The lowest BCUT2D eigenvalue weighted by Crippen LogP contribution is -2.21. The van der Waals surface area contributed by atoms with Crippen LogP contribution in [0, 0.1) is 12.8 Å². The van der Waals surface area contributed by atoms with E-state index in [1.54, 1.807) is 21.8 Å². The molecule has 0 saturated heterocycles. The molecule has 5 heteroatoms. The average Bonchev–Trinajstić information content (AvgIpc) is 2.91. The zero-order valence-electron chi connectivity index (χ0n) is 13.2. The van der Waals surface area contributed by atoms with Gasteiger partial charge in [-0.3, -0.25) is 9.36 Å². The lowest BCUT2D eigenvalue weighted by Gasteiger charge is -2.09. The van der Waals surface area contributed by atoms with Gasteiger partial charge < -0.3 is 0 Å². The van der Waals surface area contributed by atoms with Crippen LogP contribution in [0.5, 0.6) is 0 Å². The highest BCUT2D eigenvalue weighted by Crippen LogP contribution is 2.17. The van der Waals surface area contributed by atoms with E-state index in [1.165, 1.54) is 0 Å². The van der Waals surface area contributed by atoms with Crippen molar-refractivity contribution >= 4 is 11.0 Å². The van der Waals surface area contributed by atoms with Gasteiger partial charge in [-0.05, 0) is 30.9 Å². The van der Waals surface area contributed by atoms with Gasteiger partial charge in [-0.2, -0.15) is 5.10 Å². The first-order valence-corrected chi connectivity index (χ1v) is 7.57. The molecule has 5 nitrogen and oxygen atoms in total. The fraction of sp³-hybridized carbons (Fsp3) is 0.353. The Kier molecular flexibility index (Phi) is 3.79. The molecule has 0 bridgehead atoms. The van der Waals surface area contributed by atoms with E-state index in [0.717, 1.165) is 17.7 Å². The van der Waals surface area contributed by atoms with Crippen LogP contribution in [-0.4, -0.2) is 19.3 Å². The first-order valence-electron chi connectivity index (χ1n) is 7.57. The van der Waals surface area contributed by atoms with Crippen molar-refractivity contribution in [3.05, 3.63) is 52.7 Å². The molecule has 0 fully saturated rings. The van der Waals surface area contributed by atoms with E-state index in [1.807, 2.05) is 31.2 Å². The fourth-order valence-electron chi connectivity index (χ4n) is 2.48. The highest BCUT2D eigenvalue weighted by molar-refractivity contribution is 5.75. The van der Waals surface area contributed by atoms with Crippen LogP contribution in [-0.2, 0) is 6.54 Å². The molecule has 114 valence electrons. The highest BCUT2D eigenvalue weighted by Gasteiger charge is 2.12. The summed E-state index contributed by atoms with van der Waals surface area (Å²) in [6.07, 6.45) is 4.20. The van der Waals surface area contributed by atoms with Crippen LogP contribution in [0.25, 0.3) is 16.7 Å². The standard InChI is InChI=1S/C17H20N4O/c1-12(2)8-9-20-11-18-16-14(17(20)22)10-19-21(16)15-7-5-4-6-13(15)3/h4-7,10-12H,8-9H2,1-3H3. The van der Waals surface area contributed by atoms with Crippen molar-refractivity contribution in [2.75, 3.05) is 0 Å². The van der Waals surface area contributed by atoms with Crippen molar-refractivity contribution in [1.82, 2.24) is 19.3 Å². The van der Waals surface area contributed by atoms with E-state index in [4.69, 9.17) is 0 Å². The quantitative estimate of drug-likeness (QED) is 0.744. The van der Waals surface area contributed by atoms with E-state index >= 15 is 0 Å². The van der Waals surface area contributed by atoms with Gasteiger partial charge in [0, 0.05) is 6.54 Å². The molecule has 2 heterocycles. The second-order valence-corrected chi connectivity index (χ2v) is 6.01. The van der Waals surface area contributed by atoms with Crippen molar-refractivity contribution in [2.45, 2.75) is 33.7 Å². The Labute approximate surface area is 129 Å². The van der Waals surface area contributed by atoms with E-state index in [0.29, 0.717) is 23.5 Å². The molecule has 0 saturated carbocycles. The maximum atomic E-state index is 12.5. The molecule has 0 amide bonds. The summed E-state index contributed by atoms with van der Waals surface area (Å²) in [6, 6.07) is 7.94. The van der Waals surface area contributed by atoms with Gasteiger partial charge in [-0.15, -0.1) is 0 Å². The normalized spacial score (nSPS) is 11.5. The number of nitrogens with zero attached hydrogens (tertiary/aromatic N) is 4. The molecule has 0 unspecified atom stereocenters. The van der Waals surface area contributed by atoms with Crippen molar-refractivity contribution < 1.29 is 0 Å². The number of fused-ring (bicyclic) bond motifs is 1. The molecule has 3 aromatic rings. The molecule has 2 aromatic heterocycles. The third-order valence-corrected chi connectivity index (χ3v) is 3.85. The number of benzene rings is 1. The van der Waals surface area contributed by atoms with Crippen LogP contribution in [0.4, 0.5) is 0 Å². The number of hydrogen-bond donors (Lipinski definition) is 0. The van der Waals surface area contributed by atoms with Crippen LogP contribution in [0.15, 0.2) is 41.6 Å². The zero-order valence-corrected chi connectivity index (χ0v) is 13.2. The minimum absolute atomic E-state index is 0.0227. The van der Waals surface area contributed by atoms with E-state index in [9.17, 15) is 4.79 Å². The zero-order chi connectivity index (χ0) is 15.7. The third-order valence-electron chi connectivity index (χ3n) is 3.85. The van der Waals surface area contributed by atoms with Gasteiger partial charge in [0.05, 0.1) is 18.2 Å². The third kappa shape index (κ3) is 2.54. The SMILES string of the molecule is Cc1ccccc1-n1ncc2c(=O)n(CCC(C)C)cnc21. The average molecular weight is 296 g/mol. The molecule has 3 rings (SSSR count). The van der Waals surface area contributed by atoms with E-state index in [2.05, 4.69) is 23.9 Å². The molecule has 0 N–H and O–H groups in total. The van der Waals surface area contributed by atoms with Crippen LogP contribution in [0.3, 0.4) is 0 Å². The van der Waals surface area contributed by atoms with Crippen molar-refractivity contribution in [3.8, 4) is 5.69 Å². The molecule has 22 heavy (non-hydrogen) atoms. The van der Waals surface area contributed by atoms with Gasteiger partial charge in [-0.25, -0.2) is 9.67 Å². The molecular formula is C17H20N4O. The Morgan fingerprint density at radius 3 is 2.73 bits per heavy atom. The number of rotatable bonds is 4. The summed E-state index contributed by atoms with van der Waals surface area (Å²) < 4.78 is 3.41. The predicted octanol–water partition coefficient (Wildman–Crippen LogP) is 2.94. The lowest BCUT2D eigenvalue weighted by molar-refractivity contribution is 0.506. The first-order chi connectivity index (χ1) is 10.6. The number of hydrogen-bond acceptors (Lipinski definition) is 3. The summed E-state index contributed by atoms with van der Waals surface area (Å²) in [5.74, 6) is 0.553. The predicted molar refractivity (Wildman–Crippen MR) is 87.3 cm³/mol. The molecule has 0 aliphatic heterocycles. The highest BCUT2D eigenvalue weighted by atomic mass is 16.1.